The number of carbonyl (C=O) groups excluding carboxylic acids is 1. The first-order chi connectivity index (χ1) is 12.3. The molecule has 1 N–H and O–H groups in total. The average molecular weight is 342 g/mol. The van der Waals surface area contributed by atoms with Gasteiger partial charge < -0.3 is 14.8 Å². The highest BCUT2D eigenvalue weighted by atomic mass is 16.5. The van der Waals surface area contributed by atoms with Crippen molar-refractivity contribution in [1.82, 2.24) is 20.2 Å². The summed E-state index contributed by atoms with van der Waals surface area (Å²) in [4.78, 5) is 23.2. The standard InChI is InChI=1S/C18H22N4O3/c1-24-16-12-20-17(21-13-16)14-3-2-4-15(11-14)18(23)19-5-6-22-7-9-25-10-8-22/h2-4,11-13H,5-10H2,1H3,(H,19,23). The maximum Gasteiger partial charge on any atom is 0.251 e. The molecule has 7 heteroatoms. The van der Waals surface area contributed by atoms with E-state index in [1.807, 2.05) is 12.1 Å². The van der Waals surface area contributed by atoms with E-state index in [1.165, 1.54) is 0 Å². The maximum absolute atomic E-state index is 12.4. The van der Waals surface area contributed by atoms with Gasteiger partial charge in [0.25, 0.3) is 5.91 Å². The summed E-state index contributed by atoms with van der Waals surface area (Å²) in [5, 5.41) is 2.96. The van der Waals surface area contributed by atoms with Gasteiger partial charge in [0.2, 0.25) is 0 Å². The van der Waals surface area contributed by atoms with Crippen LogP contribution in [0.2, 0.25) is 0 Å². The largest absolute Gasteiger partial charge is 0.494 e. The number of rotatable bonds is 6. The first-order valence-corrected chi connectivity index (χ1v) is 8.31. The Hall–Kier alpha value is -2.51. The van der Waals surface area contributed by atoms with Crippen LogP contribution < -0.4 is 10.1 Å². The highest BCUT2D eigenvalue weighted by Crippen LogP contribution is 2.17. The lowest BCUT2D eigenvalue weighted by atomic mass is 10.1. The minimum absolute atomic E-state index is 0.0939. The van der Waals surface area contributed by atoms with E-state index in [9.17, 15) is 4.79 Å². The van der Waals surface area contributed by atoms with Crippen molar-refractivity contribution < 1.29 is 14.3 Å². The first kappa shape index (κ1) is 17.3. The van der Waals surface area contributed by atoms with Crippen molar-refractivity contribution in [3.63, 3.8) is 0 Å². The maximum atomic E-state index is 12.4. The molecule has 0 unspecified atom stereocenters. The van der Waals surface area contributed by atoms with Crippen molar-refractivity contribution in [2.75, 3.05) is 46.5 Å². The van der Waals surface area contributed by atoms with E-state index in [1.54, 1.807) is 31.6 Å². The van der Waals surface area contributed by atoms with Gasteiger partial charge in [0.15, 0.2) is 11.6 Å². The molecule has 0 spiro atoms. The van der Waals surface area contributed by atoms with E-state index in [2.05, 4.69) is 20.2 Å². The summed E-state index contributed by atoms with van der Waals surface area (Å²) in [7, 11) is 1.57. The number of amides is 1. The van der Waals surface area contributed by atoms with Gasteiger partial charge in [-0.15, -0.1) is 0 Å². The van der Waals surface area contributed by atoms with Crippen molar-refractivity contribution in [1.29, 1.82) is 0 Å². The van der Waals surface area contributed by atoms with Crippen LogP contribution in [0.3, 0.4) is 0 Å². The fraction of sp³-hybridized carbons (Fsp3) is 0.389. The quantitative estimate of drug-likeness (QED) is 0.850. The van der Waals surface area contributed by atoms with E-state index < -0.39 is 0 Å². The number of morpholine rings is 1. The lowest BCUT2D eigenvalue weighted by Gasteiger charge is -2.26. The minimum atomic E-state index is -0.0939. The van der Waals surface area contributed by atoms with Crippen molar-refractivity contribution >= 4 is 5.91 Å². The normalized spacial score (nSPS) is 14.9. The Morgan fingerprint density at radius 2 is 2.04 bits per heavy atom. The van der Waals surface area contributed by atoms with E-state index in [4.69, 9.17) is 9.47 Å². The van der Waals surface area contributed by atoms with E-state index in [0.717, 1.165) is 38.4 Å². The zero-order valence-corrected chi connectivity index (χ0v) is 14.3. The highest BCUT2D eigenvalue weighted by molar-refractivity contribution is 5.95. The van der Waals surface area contributed by atoms with Gasteiger partial charge in [-0.1, -0.05) is 12.1 Å². The molecule has 1 fully saturated rings. The smallest absolute Gasteiger partial charge is 0.251 e. The molecule has 2 heterocycles. The Labute approximate surface area is 147 Å². The number of nitrogens with one attached hydrogen (secondary N) is 1. The molecule has 0 saturated carbocycles. The van der Waals surface area contributed by atoms with Gasteiger partial charge in [0.05, 0.1) is 32.7 Å². The molecule has 0 atom stereocenters. The fourth-order valence-corrected chi connectivity index (χ4v) is 2.62. The van der Waals surface area contributed by atoms with Crippen LogP contribution in [-0.2, 0) is 4.74 Å². The first-order valence-electron chi connectivity index (χ1n) is 8.31. The summed E-state index contributed by atoms with van der Waals surface area (Å²) in [5.41, 5.74) is 1.39. The third kappa shape index (κ3) is 4.74. The number of hydrogen-bond acceptors (Lipinski definition) is 6. The average Bonchev–Trinajstić information content (AvgIpc) is 2.69. The number of ether oxygens (including phenoxy) is 2. The molecule has 25 heavy (non-hydrogen) atoms. The lowest BCUT2D eigenvalue weighted by Crippen LogP contribution is -2.41. The Morgan fingerprint density at radius 3 is 2.76 bits per heavy atom. The molecule has 7 nitrogen and oxygen atoms in total. The molecule has 1 saturated heterocycles. The third-order valence-electron chi connectivity index (χ3n) is 4.06. The van der Waals surface area contributed by atoms with Crippen molar-refractivity contribution in [3.05, 3.63) is 42.2 Å². The van der Waals surface area contributed by atoms with Crippen molar-refractivity contribution in [2.24, 2.45) is 0 Å². The Morgan fingerprint density at radius 1 is 1.28 bits per heavy atom. The molecule has 1 aliphatic rings. The topological polar surface area (TPSA) is 76.6 Å². The Bertz CT molecular complexity index is 700. The monoisotopic (exact) mass is 342 g/mol. The van der Waals surface area contributed by atoms with Crippen LogP contribution in [0.25, 0.3) is 11.4 Å². The van der Waals surface area contributed by atoms with E-state index in [0.29, 0.717) is 23.7 Å². The molecule has 1 aliphatic heterocycles. The van der Waals surface area contributed by atoms with Gasteiger partial charge in [0, 0.05) is 37.3 Å². The molecular formula is C18H22N4O3. The zero-order valence-electron chi connectivity index (χ0n) is 14.3. The van der Waals surface area contributed by atoms with Crippen molar-refractivity contribution in [3.8, 4) is 17.1 Å². The molecule has 0 aliphatic carbocycles. The van der Waals surface area contributed by atoms with Crippen LogP contribution in [0, 0.1) is 0 Å². The lowest BCUT2D eigenvalue weighted by molar-refractivity contribution is 0.0383. The predicted octanol–water partition coefficient (Wildman–Crippen LogP) is 1.21. The fourth-order valence-electron chi connectivity index (χ4n) is 2.62. The van der Waals surface area contributed by atoms with Crippen LogP contribution in [0.15, 0.2) is 36.7 Å². The Balaban J connectivity index is 1.58. The summed E-state index contributed by atoms with van der Waals surface area (Å²) in [6.07, 6.45) is 3.22. The molecule has 3 rings (SSSR count). The van der Waals surface area contributed by atoms with Crippen LogP contribution >= 0.6 is 0 Å². The summed E-state index contributed by atoms with van der Waals surface area (Å²) >= 11 is 0. The number of aromatic nitrogens is 2. The number of carbonyl (C=O) groups is 1. The predicted molar refractivity (Wildman–Crippen MR) is 93.6 cm³/mol. The molecule has 1 amide bonds. The molecule has 1 aromatic heterocycles. The van der Waals surface area contributed by atoms with Crippen LogP contribution in [0.4, 0.5) is 0 Å². The molecule has 132 valence electrons. The second-order valence-corrected chi connectivity index (χ2v) is 5.74. The number of nitrogens with zero attached hydrogens (tertiary/aromatic N) is 3. The summed E-state index contributed by atoms with van der Waals surface area (Å²) < 4.78 is 10.4. The second kappa shape index (κ2) is 8.55. The summed E-state index contributed by atoms with van der Waals surface area (Å²) in [5.74, 6) is 1.06. The van der Waals surface area contributed by atoms with Gasteiger partial charge in [-0.2, -0.15) is 0 Å². The van der Waals surface area contributed by atoms with Crippen molar-refractivity contribution in [2.45, 2.75) is 0 Å². The zero-order chi connectivity index (χ0) is 17.5. The Kier molecular flexibility index (Phi) is 5.92. The third-order valence-corrected chi connectivity index (χ3v) is 4.06. The number of benzene rings is 1. The number of methoxy groups -OCH3 is 1. The van der Waals surface area contributed by atoms with Gasteiger partial charge in [-0.3, -0.25) is 9.69 Å². The van der Waals surface area contributed by atoms with E-state index >= 15 is 0 Å². The van der Waals surface area contributed by atoms with Crippen LogP contribution in [0.5, 0.6) is 5.75 Å². The molecular weight excluding hydrogens is 320 g/mol. The second-order valence-electron chi connectivity index (χ2n) is 5.74. The molecule has 0 bridgehead atoms. The summed E-state index contributed by atoms with van der Waals surface area (Å²) in [6.45, 7) is 4.80. The van der Waals surface area contributed by atoms with Gasteiger partial charge in [-0.25, -0.2) is 9.97 Å². The molecule has 0 radical (unpaired) electrons. The minimum Gasteiger partial charge on any atom is -0.494 e. The van der Waals surface area contributed by atoms with Gasteiger partial charge in [0.1, 0.15) is 0 Å². The number of hydrogen-bond donors (Lipinski definition) is 1. The van der Waals surface area contributed by atoms with Gasteiger partial charge >= 0.3 is 0 Å². The van der Waals surface area contributed by atoms with Crippen LogP contribution in [0.1, 0.15) is 10.4 Å². The summed E-state index contributed by atoms with van der Waals surface area (Å²) in [6, 6.07) is 7.30. The van der Waals surface area contributed by atoms with E-state index in [-0.39, 0.29) is 5.91 Å². The van der Waals surface area contributed by atoms with Gasteiger partial charge in [-0.05, 0) is 12.1 Å². The van der Waals surface area contributed by atoms with Crippen LogP contribution in [-0.4, -0.2) is 67.3 Å². The molecule has 1 aromatic carbocycles. The molecule has 2 aromatic rings. The SMILES string of the molecule is COc1cnc(-c2cccc(C(=O)NCCN3CCOCC3)c2)nc1. The highest BCUT2D eigenvalue weighted by Gasteiger charge is 2.12.